The molecule has 0 amide bonds. The molecule has 2 heterocycles. The van der Waals surface area contributed by atoms with Crippen molar-refractivity contribution in [2.75, 3.05) is 18.9 Å². The van der Waals surface area contributed by atoms with Crippen LogP contribution in [-0.4, -0.2) is 33.7 Å². The van der Waals surface area contributed by atoms with Gasteiger partial charge in [0.05, 0.1) is 13.2 Å². The van der Waals surface area contributed by atoms with Gasteiger partial charge in [-0.3, -0.25) is 10.5 Å². The Morgan fingerprint density at radius 1 is 1.17 bits per heavy atom. The molecule has 8 nitrogen and oxygen atoms in total. The normalized spacial score (nSPS) is 14.2. The van der Waals surface area contributed by atoms with Crippen LogP contribution in [0.3, 0.4) is 0 Å². The Bertz CT molecular complexity index is 1180. The van der Waals surface area contributed by atoms with Crippen LogP contribution < -0.4 is 19.9 Å². The van der Waals surface area contributed by atoms with Crippen molar-refractivity contribution in [2.45, 2.75) is 78.2 Å². The molecule has 35 heavy (non-hydrogen) atoms. The van der Waals surface area contributed by atoms with Gasteiger partial charge in [-0.2, -0.15) is 0 Å². The molecule has 0 spiro atoms. The molecule has 188 valence electrons. The summed E-state index contributed by atoms with van der Waals surface area (Å²) < 4.78 is 14.8. The summed E-state index contributed by atoms with van der Waals surface area (Å²) in [4.78, 5) is 13.3. The van der Waals surface area contributed by atoms with Crippen molar-refractivity contribution in [2.24, 2.45) is 5.92 Å². The van der Waals surface area contributed by atoms with Crippen LogP contribution in [0.25, 0.3) is 5.65 Å². The van der Waals surface area contributed by atoms with E-state index in [1.165, 1.54) is 28.5 Å². The lowest BCUT2D eigenvalue weighted by Crippen LogP contribution is -2.42. The van der Waals surface area contributed by atoms with E-state index in [-0.39, 0.29) is 23.7 Å². The van der Waals surface area contributed by atoms with Crippen LogP contribution in [0.4, 0.5) is 5.95 Å². The van der Waals surface area contributed by atoms with Crippen LogP contribution in [0.1, 0.15) is 82.1 Å². The second kappa shape index (κ2) is 10.6. The van der Waals surface area contributed by atoms with Crippen LogP contribution in [0, 0.1) is 5.92 Å². The smallest absolute Gasteiger partial charge is 0.401 e. The first-order valence-electron chi connectivity index (χ1n) is 12.7. The van der Waals surface area contributed by atoms with E-state index in [4.69, 9.17) is 15.2 Å². The van der Waals surface area contributed by atoms with E-state index in [0.717, 1.165) is 30.6 Å². The van der Waals surface area contributed by atoms with Crippen molar-refractivity contribution in [1.82, 2.24) is 14.7 Å². The van der Waals surface area contributed by atoms with Crippen molar-refractivity contribution in [3.63, 3.8) is 0 Å². The molecule has 3 aromatic rings. The van der Waals surface area contributed by atoms with Crippen molar-refractivity contribution in [3.05, 3.63) is 41.5 Å². The summed E-state index contributed by atoms with van der Waals surface area (Å²) in [5, 5.41) is 8.93. The Labute approximate surface area is 207 Å². The van der Waals surface area contributed by atoms with E-state index in [9.17, 15) is 4.79 Å². The molecule has 1 aliphatic carbocycles. The molecular formula is C27H38N5O3+. The molecule has 0 atom stereocenters. The third-order valence-electron chi connectivity index (χ3n) is 6.59. The second-order valence-corrected chi connectivity index (χ2v) is 10.5. The highest BCUT2D eigenvalue weighted by atomic mass is 16.5. The van der Waals surface area contributed by atoms with Gasteiger partial charge in [-0.1, -0.05) is 61.7 Å². The van der Waals surface area contributed by atoms with E-state index < -0.39 is 0 Å². The van der Waals surface area contributed by atoms with Crippen LogP contribution in [0.5, 0.6) is 11.6 Å². The molecular weight excluding hydrogens is 442 g/mol. The summed E-state index contributed by atoms with van der Waals surface area (Å²) >= 11 is 0. The zero-order valence-corrected chi connectivity index (χ0v) is 21.4. The Hall–Kier alpha value is -3.16. The molecule has 8 heteroatoms. The number of nitrogen functional groups attached to an aromatic ring is 1. The summed E-state index contributed by atoms with van der Waals surface area (Å²) in [5.41, 5.74) is 8.41. The zero-order chi connectivity index (χ0) is 25.0. The number of rotatable bonds is 11. The summed E-state index contributed by atoms with van der Waals surface area (Å²) in [5.74, 6) is 2.05. The van der Waals surface area contributed by atoms with Gasteiger partial charge in [-0.25, -0.2) is 0 Å². The average Bonchev–Trinajstić information content (AvgIpc) is 3.09. The standard InChI is InChI=1S/C27H37N5O3/c1-5-6-7-13-34-25-12-11-24-29-31(26(28)32(24)30-25)17-23(33)20-14-21(27(2,3)4)16-22(15-20)35-18-19-9-8-10-19/h11-12,14-16,19,28H,5-10,13,17-18H2,1-4H3/p+1. The number of ketones is 1. The molecule has 2 N–H and O–H groups in total. The van der Waals surface area contributed by atoms with Gasteiger partial charge >= 0.3 is 5.95 Å². The molecule has 1 aliphatic rings. The number of carbonyl (C=O) groups is 1. The zero-order valence-electron chi connectivity index (χ0n) is 21.4. The number of unbranched alkanes of at least 4 members (excludes halogenated alkanes) is 2. The quantitative estimate of drug-likeness (QED) is 0.246. The third-order valence-corrected chi connectivity index (χ3v) is 6.59. The molecule has 1 fully saturated rings. The van der Waals surface area contributed by atoms with Crippen LogP contribution >= 0.6 is 0 Å². The van der Waals surface area contributed by atoms with Crippen molar-refractivity contribution >= 4 is 17.4 Å². The number of fused-ring (bicyclic) bond motifs is 1. The van der Waals surface area contributed by atoms with Crippen LogP contribution in [-0.2, 0) is 12.0 Å². The molecule has 0 radical (unpaired) electrons. The lowest BCUT2D eigenvalue weighted by molar-refractivity contribution is -0.723. The molecule has 4 rings (SSSR count). The van der Waals surface area contributed by atoms with Gasteiger partial charge in [0.15, 0.2) is 12.3 Å². The highest BCUT2D eigenvalue weighted by Crippen LogP contribution is 2.30. The number of ether oxygens (including phenoxy) is 2. The SMILES string of the molecule is CCCCCOc1ccc2n[n+](CC(=O)c3cc(OCC4CCC4)cc(C(C)(C)C)c3)c(N)n2n1. The maximum absolute atomic E-state index is 13.3. The molecule has 0 saturated heterocycles. The minimum absolute atomic E-state index is 0.0115. The summed E-state index contributed by atoms with van der Waals surface area (Å²) in [6, 6.07) is 9.41. The summed E-state index contributed by atoms with van der Waals surface area (Å²) in [6.45, 7) is 9.87. The largest absolute Gasteiger partial charge is 0.493 e. The lowest BCUT2D eigenvalue weighted by atomic mass is 9.85. The number of nitrogens with zero attached hydrogens (tertiary/aromatic N) is 4. The van der Waals surface area contributed by atoms with Gasteiger partial charge in [0.1, 0.15) is 5.75 Å². The van der Waals surface area contributed by atoms with Crippen molar-refractivity contribution in [3.8, 4) is 11.6 Å². The minimum atomic E-state index is -0.114. The molecule has 0 aliphatic heterocycles. The van der Waals surface area contributed by atoms with Gasteiger partial charge in [-0.05, 0) is 54.4 Å². The van der Waals surface area contributed by atoms with E-state index in [2.05, 4.69) is 37.9 Å². The molecule has 2 aromatic heterocycles. The van der Waals surface area contributed by atoms with Crippen LogP contribution in [0.2, 0.25) is 0 Å². The second-order valence-electron chi connectivity index (χ2n) is 10.5. The van der Waals surface area contributed by atoms with Gasteiger partial charge in [0.25, 0.3) is 5.65 Å². The maximum atomic E-state index is 13.3. The monoisotopic (exact) mass is 480 g/mol. The number of nitrogens with two attached hydrogens (primary N) is 1. The molecule has 1 saturated carbocycles. The van der Waals surface area contributed by atoms with Gasteiger partial charge in [0, 0.05) is 17.7 Å². The summed E-state index contributed by atoms with van der Waals surface area (Å²) in [6.07, 6.45) is 6.93. The van der Waals surface area contributed by atoms with Crippen LogP contribution in [0.15, 0.2) is 30.3 Å². The first kappa shape index (κ1) is 24.9. The Morgan fingerprint density at radius 3 is 2.66 bits per heavy atom. The molecule has 1 aromatic carbocycles. The molecule has 0 bridgehead atoms. The van der Waals surface area contributed by atoms with Crippen molar-refractivity contribution in [1.29, 1.82) is 0 Å². The van der Waals surface area contributed by atoms with E-state index in [1.807, 2.05) is 18.2 Å². The Kier molecular flexibility index (Phi) is 7.57. The topological polar surface area (TPSA) is 95.6 Å². The number of carbonyl (C=O) groups excluding carboxylic acids is 1. The fourth-order valence-electron chi connectivity index (χ4n) is 4.03. The fraction of sp³-hybridized carbons (Fsp3) is 0.556. The van der Waals surface area contributed by atoms with Gasteiger partial charge in [-0.15, -0.1) is 4.68 Å². The highest BCUT2D eigenvalue weighted by Gasteiger charge is 2.24. The number of anilines is 1. The fourth-order valence-corrected chi connectivity index (χ4v) is 4.03. The third kappa shape index (κ3) is 6.10. The van der Waals surface area contributed by atoms with Crippen molar-refractivity contribution < 1.29 is 19.0 Å². The van der Waals surface area contributed by atoms with Gasteiger partial charge < -0.3 is 9.47 Å². The Balaban J connectivity index is 1.52. The molecule has 0 unspecified atom stereocenters. The number of Topliss-reactive ketones (excluding diaryl/α,β-unsaturated/α-hetero) is 1. The highest BCUT2D eigenvalue weighted by molar-refractivity contribution is 5.95. The minimum Gasteiger partial charge on any atom is -0.493 e. The first-order valence-corrected chi connectivity index (χ1v) is 12.7. The van der Waals surface area contributed by atoms with Gasteiger partial charge in [0.2, 0.25) is 5.88 Å². The van der Waals surface area contributed by atoms with E-state index in [1.54, 1.807) is 12.1 Å². The Morgan fingerprint density at radius 2 is 1.97 bits per heavy atom. The van der Waals surface area contributed by atoms with E-state index in [0.29, 0.717) is 36.2 Å². The maximum Gasteiger partial charge on any atom is 0.401 e. The number of aromatic nitrogens is 4. The number of hydrogen-bond donors (Lipinski definition) is 1. The first-order chi connectivity index (χ1) is 16.7. The predicted octanol–water partition coefficient (Wildman–Crippen LogP) is 4.53. The average molecular weight is 481 g/mol. The summed E-state index contributed by atoms with van der Waals surface area (Å²) in [7, 11) is 0. The number of hydrogen-bond acceptors (Lipinski definition) is 6. The number of benzene rings is 1. The van der Waals surface area contributed by atoms with E-state index >= 15 is 0 Å². The lowest BCUT2D eigenvalue weighted by Gasteiger charge is -2.26. The predicted molar refractivity (Wildman–Crippen MR) is 135 cm³/mol.